The molecule has 31 heavy (non-hydrogen) atoms. The van der Waals surface area contributed by atoms with E-state index >= 15 is 0 Å². The number of halogens is 1. The maximum absolute atomic E-state index is 13.1. The van der Waals surface area contributed by atoms with Crippen LogP contribution in [-0.4, -0.2) is 10.2 Å². The van der Waals surface area contributed by atoms with E-state index in [-0.39, 0.29) is 11.7 Å². The highest BCUT2D eigenvalue weighted by Gasteiger charge is 2.33. The lowest BCUT2D eigenvalue weighted by Crippen LogP contribution is -2.27. The summed E-state index contributed by atoms with van der Waals surface area (Å²) in [5.74, 6) is 0.407. The van der Waals surface area contributed by atoms with Crippen molar-refractivity contribution in [2.24, 2.45) is 0 Å². The molecule has 4 rings (SSSR count). The number of ether oxygens (including phenoxy) is 1. The zero-order valence-corrected chi connectivity index (χ0v) is 18.7. The lowest BCUT2D eigenvalue weighted by atomic mass is 10.0. The molecule has 0 atom stereocenters. The van der Waals surface area contributed by atoms with Gasteiger partial charge in [0.2, 0.25) is 0 Å². The van der Waals surface area contributed by atoms with Gasteiger partial charge in [-0.3, -0.25) is 9.69 Å². The molecule has 0 unspecified atom stereocenters. The van der Waals surface area contributed by atoms with E-state index in [9.17, 15) is 9.18 Å². The molecule has 1 saturated heterocycles. The fourth-order valence-electron chi connectivity index (χ4n) is 3.45. The molecule has 0 aliphatic carbocycles. The van der Waals surface area contributed by atoms with Gasteiger partial charge in [-0.25, -0.2) is 4.39 Å². The van der Waals surface area contributed by atoms with Crippen LogP contribution in [0.5, 0.6) is 5.75 Å². The second kappa shape index (κ2) is 9.04. The maximum Gasteiger partial charge on any atom is 0.270 e. The number of para-hydroxylation sites is 1. The molecule has 0 radical (unpaired) electrons. The van der Waals surface area contributed by atoms with Crippen molar-refractivity contribution in [3.05, 3.63) is 99.7 Å². The van der Waals surface area contributed by atoms with Crippen LogP contribution in [0.3, 0.4) is 0 Å². The first kappa shape index (κ1) is 21.3. The van der Waals surface area contributed by atoms with Crippen molar-refractivity contribution in [2.75, 3.05) is 4.90 Å². The van der Waals surface area contributed by atoms with Gasteiger partial charge in [0.15, 0.2) is 4.32 Å². The number of hydrogen-bond acceptors (Lipinski definition) is 4. The maximum atomic E-state index is 13.1. The Hall–Kier alpha value is -2.96. The lowest BCUT2D eigenvalue weighted by molar-refractivity contribution is -0.113. The van der Waals surface area contributed by atoms with E-state index in [0.717, 1.165) is 33.7 Å². The molecular weight excluding hydrogens is 429 g/mol. The fourth-order valence-corrected chi connectivity index (χ4v) is 4.75. The van der Waals surface area contributed by atoms with Crippen molar-refractivity contribution < 1.29 is 13.9 Å². The van der Waals surface area contributed by atoms with Crippen LogP contribution in [0, 0.1) is 19.7 Å². The molecule has 156 valence electrons. The second-order valence-electron chi connectivity index (χ2n) is 7.25. The second-order valence-corrected chi connectivity index (χ2v) is 8.93. The molecule has 3 nitrogen and oxygen atoms in total. The average Bonchev–Trinajstić information content (AvgIpc) is 3.02. The van der Waals surface area contributed by atoms with Gasteiger partial charge >= 0.3 is 0 Å². The van der Waals surface area contributed by atoms with Gasteiger partial charge in [0.25, 0.3) is 5.91 Å². The molecule has 1 aliphatic heterocycles. The molecule has 0 N–H and O–H groups in total. The van der Waals surface area contributed by atoms with Gasteiger partial charge in [0, 0.05) is 0 Å². The van der Waals surface area contributed by atoms with E-state index in [0.29, 0.717) is 15.8 Å². The quantitative estimate of drug-likeness (QED) is 0.332. The highest BCUT2D eigenvalue weighted by molar-refractivity contribution is 8.27. The number of benzene rings is 3. The third kappa shape index (κ3) is 4.70. The van der Waals surface area contributed by atoms with Gasteiger partial charge in [-0.05, 0) is 78.6 Å². The van der Waals surface area contributed by atoms with Gasteiger partial charge in [-0.2, -0.15) is 0 Å². The number of anilines is 1. The minimum Gasteiger partial charge on any atom is -0.488 e. The number of hydrogen-bond donors (Lipinski definition) is 0. The summed E-state index contributed by atoms with van der Waals surface area (Å²) in [6.07, 6.45) is 1.87. The molecular formula is C25H20FNO2S2. The molecule has 0 aromatic heterocycles. The molecule has 0 spiro atoms. The van der Waals surface area contributed by atoms with Gasteiger partial charge < -0.3 is 4.74 Å². The number of aryl methyl sites for hydroxylation is 2. The van der Waals surface area contributed by atoms with Gasteiger partial charge in [-0.1, -0.05) is 54.3 Å². The van der Waals surface area contributed by atoms with Crippen LogP contribution in [0.15, 0.2) is 71.6 Å². The highest BCUT2D eigenvalue weighted by atomic mass is 32.2. The summed E-state index contributed by atoms with van der Waals surface area (Å²) in [7, 11) is 0. The number of nitrogens with zero attached hydrogens (tertiary/aromatic N) is 1. The number of carbonyl (C=O) groups is 1. The van der Waals surface area contributed by atoms with E-state index in [1.807, 2.05) is 62.4 Å². The third-order valence-corrected chi connectivity index (χ3v) is 6.19. The number of thiocarbonyl (C=S) groups is 1. The predicted molar refractivity (Wildman–Crippen MR) is 129 cm³/mol. The van der Waals surface area contributed by atoms with Crippen LogP contribution in [-0.2, 0) is 11.4 Å². The number of amides is 1. The van der Waals surface area contributed by atoms with Crippen molar-refractivity contribution in [2.45, 2.75) is 20.5 Å². The summed E-state index contributed by atoms with van der Waals surface area (Å²) in [5, 5.41) is 0. The van der Waals surface area contributed by atoms with E-state index < -0.39 is 0 Å². The van der Waals surface area contributed by atoms with Crippen LogP contribution < -0.4 is 9.64 Å². The number of carbonyl (C=O) groups excluding carboxylic acids is 1. The minimum absolute atomic E-state index is 0.117. The summed E-state index contributed by atoms with van der Waals surface area (Å²) in [5.41, 5.74) is 4.51. The zero-order chi connectivity index (χ0) is 22.0. The lowest BCUT2D eigenvalue weighted by Gasteiger charge is -2.14. The minimum atomic E-state index is -0.266. The predicted octanol–water partition coefficient (Wildman–Crippen LogP) is 6.43. The smallest absolute Gasteiger partial charge is 0.270 e. The molecule has 0 bridgehead atoms. The Kier molecular flexibility index (Phi) is 6.20. The molecule has 1 fully saturated rings. The molecule has 1 amide bonds. The Bertz CT molecular complexity index is 1150. The van der Waals surface area contributed by atoms with Crippen molar-refractivity contribution in [1.82, 2.24) is 0 Å². The van der Waals surface area contributed by atoms with E-state index in [2.05, 4.69) is 0 Å². The van der Waals surface area contributed by atoms with Crippen LogP contribution in [0.25, 0.3) is 6.08 Å². The van der Waals surface area contributed by atoms with Crippen molar-refractivity contribution in [1.29, 1.82) is 0 Å². The van der Waals surface area contributed by atoms with E-state index in [1.165, 1.54) is 23.9 Å². The fraction of sp³-hybridized carbons (Fsp3) is 0.120. The standard InChI is InChI=1S/C25H20FNO2S2/c1-16-12-19(13-17(2)23(16)29-15-18-8-10-20(26)11-9-18)14-22-24(28)27(25(30)31-22)21-6-4-3-5-7-21/h3-14H,15H2,1-2H3/b22-14+. The first-order valence-electron chi connectivity index (χ1n) is 9.74. The van der Waals surface area contributed by atoms with E-state index in [4.69, 9.17) is 17.0 Å². The van der Waals surface area contributed by atoms with Crippen molar-refractivity contribution in [3.63, 3.8) is 0 Å². The van der Waals surface area contributed by atoms with E-state index in [1.54, 1.807) is 17.0 Å². The monoisotopic (exact) mass is 449 g/mol. The van der Waals surface area contributed by atoms with Crippen LogP contribution in [0.4, 0.5) is 10.1 Å². The zero-order valence-electron chi connectivity index (χ0n) is 17.1. The first-order chi connectivity index (χ1) is 14.9. The third-order valence-electron chi connectivity index (χ3n) is 4.88. The van der Waals surface area contributed by atoms with Gasteiger partial charge in [-0.15, -0.1) is 0 Å². The SMILES string of the molecule is Cc1cc(/C=C2/SC(=S)N(c3ccccc3)C2=O)cc(C)c1OCc1ccc(F)cc1. The molecule has 1 heterocycles. The average molecular weight is 450 g/mol. The van der Waals surface area contributed by atoms with Crippen molar-refractivity contribution in [3.8, 4) is 5.75 Å². The molecule has 3 aromatic rings. The Morgan fingerprint density at radius 3 is 2.32 bits per heavy atom. The first-order valence-corrected chi connectivity index (χ1v) is 11.0. The topological polar surface area (TPSA) is 29.5 Å². The summed E-state index contributed by atoms with van der Waals surface area (Å²) >= 11 is 6.74. The Morgan fingerprint density at radius 1 is 1.03 bits per heavy atom. The molecule has 0 saturated carbocycles. The van der Waals surface area contributed by atoms with Crippen LogP contribution in [0.2, 0.25) is 0 Å². The Balaban J connectivity index is 1.54. The summed E-state index contributed by atoms with van der Waals surface area (Å²) in [4.78, 5) is 15.1. The molecule has 6 heteroatoms. The summed E-state index contributed by atoms with van der Waals surface area (Å²) in [6.45, 7) is 4.30. The molecule has 3 aromatic carbocycles. The highest BCUT2D eigenvalue weighted by Crippen LogP contribution is 2.36. The van der Waals surface area contributed by atoms with Crippen LogP contribution in [0.1, 0.15) is 22.3 Å². The molecule has 1 aliphatic rings. The Labute approximate surface area is 190 Å². The largest absolute Gasteiger partial charge is 0.488 e. The Morgan fingerprint density at radius 2 is 1.68 bits per heavy atom. The summed E-state index contributed by atoms with van der Waals surface area (Å²) < 4.78 is 19.6. The van der Waals surface area contributed by atoms with Crippen LogP contribution >= 0.6 is 24.0 Å². The van der Waals surface area contributed by atoms with Crippen molar-refractivity contribution >= 4 is 46.0 Å². The normalized spacial score (nSPS) is 15.1. The summed E-state index contributed by atoms with van der Waals surface area (Å²) in [6, 6.07) is 19.7. The van der Waals surface area contributed by atoms with Gasteiger partial charge in [0.05, 0.1) is 10.6 Å². The number of thioether (sulfide) groups is 1. The number of rotatable bonds is 5. The van der Waals surface area contributed by atoms with Gasteiger partial charge in [0.1, 0.15) is 18.2 Å².